The minimum absolute atomic E-state index is 0.123. The van der Waals surface area contributed by atoms with Gasteiger partial charge in [-0.1, -0.05) is 18.6 Å². The Labute approximate surface area is 143 Å². The molecule has 2 N–H and O–H groups in total. The van der Waals surface area contributed by atoms with Gasteiger partial charge in [0.15, 0.2) is 0 Å². The molecule has 2 bridgehead atoms. The molecule has 2 aliphatic heterocycles. The van der Waals surface area contributed by atoms with Crippen LogP contribution in [0.2, 0.25) is 0 Å². The lowest BCUT2D eigenvalue weighted by Crippen LogP contribution is -2.58. The average molecular weight is 329 g/mol. The molecule has 5 heteroatoms. The monoisotopic (exact) mass is 329 g/mol. The van der Waals surface area contributed by atoms with Crippen molar-refractivity contribution in [1.29, 1.82) is 0 Å². The molecule has 0 spiro atoms. The zero-order valence-corrected chi connectivity index (χ0v) is 14.3. The van der Waals surface area contributed by atoms with Crippen molar-refractivity contribution in [1.82, 2.24) is 10.2 Å². The van der Waals surface area contributed by atoms with Crippen LogP contribution in [-0.2, 0) is 0 Å². The van der Waals surface area contributed by atoms with Gasteiger partial charge in [0, 0.05) is 24.2 Å². The number of anilines is 1. The highest BCUT2D eigenvalue weighted by Gasteiger charge is 2.45. The Bertz CT molecular complexity index is 588. The van der Waals surface area contributed by atoms with Gasteiger partial charge < -0.3 is 15.4 Å². The molecule has 2 unspecified atom stereocenters. The van der Waals surface area contributed by atoms with Crippen molar-refractivity contribution < 1.29 is 9.53 Å². The highest BCUT2D eigenvalue weighted by Crippen LogP contribution is 2.41. The van der Waals surface area contributed by atoms with E-state index in [-0.39, 0.29) is 12.1 Å². The summed E-state index contributed by atoms with van der Waals surface area (Å²) in [5.74, 6) is 0.688. The highest BCUT2D eigenvalue weighted by atomic mass is 16.5. The Balaban J connectivity index is 1.36. The Morgan fingerprint density at radius 2 is 1.79 bits per heavy atom. The van der Waals surface area contributed by atoms with E-state index in [0.717, 1.165) is 18.9 Å². The number of para-hydroxylation sites is 2. The van der Waals surface area contributed by atoms with Crippen molar-refractivity contribution in [2.75, 3.05) is 12.4 Å². The van der Waals surface area contributed by atoms with E-state index in [2.05, 4.69) is 15.5 Å². The number of carbonyl (C=O) groups is 1. The van der Waals surface area contributed by atoms with Crippen LogP contribution in [0.1, 0.15) is 44.9 Å². The van der Waals surface area contributed by atoms with Gasteiger partial charge in [-0.25, -0.2) is 4.79 Å². The number of carbonyl (C=O) groups excluding carboxylic acids is 1. The van der Waals surface area contributed by atoms with Crippen LogP contribution in [0.4, 0.5) is 10.5 Å². The molecule has 1 aromatic carbocycles. The molecule has 1 aliphatic carbocycles. The Morgan fingerprint density at radius 3 is 2.46 bits per heavy atom. The van der Waals surface area contributed by atoms with Gasteiger partial charge in [0.1, 0.15) is 5.75 Å². The summed E-state index contributed by atoms with van der Waals surface area (Å²) in [6, 6.07) is 9.85. The molecule has 0 radical (unpaired) electrons. The lowest BCUT2D eigenvalue weighted by Gasteiger charge is -2.49. The molecule has 2 heterocycles. The molecule has 130 valence electrons. The summed E-state index contributed by atoms with van der Waals surface area (Å²) in [7, 11) is 1.62. The normalized spacial score (nSPS) is 29.8. The standard InChI is InChI=1S/C19H27N3O2/c1-24-18-8-3-2-7-17(18)21-19(23)20-13-11-15-5-4-6-16(12-13)22(15)14-9-10-14/h2-3,7-8,13-16H,4-6,9-12H2,1H3,(H2,20,21,23). The van der Waals surface area contributed by atoms with Crippen molar-refractivity contribution in [2.24, 2.45) is 0 Å². The van der Waals surface area contributed by atoms with Gasteiger partial charge in [-0.15, -0.1) is 0 Å². The van der Waals surface area contributed by atoms with Gasteiger partial charge in [0.05, 0.1) is 12.8 Å². The maximum absolute atomic E-state index is 12.4. The molecular weight excluding hydrogens is 302 g/mol. The number of hydrogen-bond donors (Lipinski definition) is 2. The Hall–Kier alpha value is -1.75. The molecule has 2 saturated heterocycles. The topological polar surface area (TPSA) is 53.6 Å². The first kappa shape index (κ1) is 15.8. The van der Waals surface area contributed by atoms with Crippen LogP contribution in [-0.4, -0.2) is 42.2 Å². The molecule has 5 nitrogen and oxygen atoms in total. The molecule has 3 aliphatic rings. The van der Waals surface area contributed by atoms with Crippen LogP contribution >= 0.6 is 0 Å². The third kappa shape index (κ3) is 3.22. The average Bonchev–Trinajstić information content (AvgIpc) is 3.39. The predicted molar refractivity (Wildman–Crippen MR) is 94.5 cm³/mol. The number of amides is 2. The predicted octanol–water partition coefficient (Wildman–Crippen LogP) is 3.36. The van der Waals surface area contributed by atoms with E-state index < -0.39 is 0 Å². The molecule has 2 amide bonds. The maximum Gasteiger partial charge on any atom is 0.319 e. The summed E-state index contributed by atoms with van der Waals surface area (Å²) in [5, 5.41) is 6.13. The van der Waals surface area contributed by atoms with E-state index in [1.807, 2.05) is 24.3 Å². The molecule has 3 fully saturated rings. The van der Waals surface area contributed by atoms with Gasteiger partial charge in [-0.3, -0.25) is 4.90 Å². The Morgan fingerprint density at radius 1 is 1.08 bits per heavy atom. The van der Waals surface area contributed by atoms with E-state index in [4.69, 9.17) is 4.74 Å². The summed E-state index contributed by atoms with van der Waals surface area (Å²) < 4.78 is 5.30. The van der Waals surface area contributed by atoms with Gasteiger partial charge >= 0.3 is 6.03 Å². The van der Waals surface area contributed by atoms with Crippen molar-refractivity contribution in [3.63, 3.8) is 0 Å². The van der Waals surface area contributed by atoms with E-state index in [9.17, 15) is 4.79 Å². The number of methoxy groups -OCH3 is 1. The highest BCUT2D eigenvalue weighted by molar-refractivity contribution is 5.91. The first-order chi connectivity index (χ1) is 11.7. The van der Waals surface area contributed by atoms with Crippen molar-refractivity contribution >= 4 is 11.7 Å². The first-order valence-corrected chi connectivity index (χ1v) is 9.22. The van der Waals surface area contributed by atoms with E-state index in [1.54, 1.807) is 7.11 Å². The molecule has 0 aromatic heterocycles. The Kier molecular flexibility index (Phi) is 4.35. The zero-order chi connectivity index (χ0) is 16.5. The van der Waals surface area contributed by atoms with Crippen molar-refractivity contribution in [3.8, 4) is 5.75 Å². The fourth-order valence-corrected chi connectivity index (χ4v) is 4.60. The van der Waals surface area contributed by atoms with Crippen LogP contribution < -0.4 is 15.4 Å². The van der Waals surface area contributed by atoms with E-state index in [0.29, 0.717) is 23.5 Å². The number of hydrogen-bond acceptors (Lipinski definition) is 3. The lowest BCUT2D eigenvalue weighted by molar-refractivity contribution is 0.0198. The summed E-state index contributed by atoms with van der Waals surface area (Å²) in [4.78, 5) is 15.2. The lowest BCUT2D eigenvalue weighted by atomic mass is 9.81. The molecule has 2 atom stereocenters. The van der Waals surface area contributed by atoms with Gasteiger partial charge in [0.25, 0.3) is 0 Å². The third-order valence-corrected chi connectivity index (χ3v) is 5.69. The largest absolute Gasteiger partial charge is 0.495 e. The van der Waals surface area contributed by atoms with Crippen molar-refractivity contribution in [3.05, 3.63) is 24.3 Å². The minimum atomic E-state index is -0.123. The number of benzene rings is 1. The van der Waals surface area contributed by atoms with Crippen LogP contribution in [0, 0.1) is 0 Å². The second-order valence-corrected chi connectivity index (χ2v) is 7.38. The minimum Gasteiger partial charge on any atom is -0.495 e. The third-order valence-electron chi connectivity index (χ3n) is 5.69. The van der Waals surface area contributed by atoms with Crippen LogP contribution in [0.3, 0.4) is 0 Å². The molecule has 24 heavy (non-hydrogen) atoms. The van der Waals surface area contributed by atoms with Gasteiger partial charge in [-0.05, 0) is 50.7 Å². The number of nitrogens with zero attached hydrogens (tertiary/aromatic N) is 1. The van der Waals surface area contributed by atoms with Gasteiger partial charge in [0.2, 0.25) is 0 Å². The van der Waals surface area contributed by atoms with Gasteiger partial charge in [-0.2, -0.15) is 0 Å². The second kappa shape index (κ2) is 6.63. The molecule has 1 saturated carbocycles. The number of urea groups is 1. The summed E-state index contributed by atoms with van der Waals surface area (Å²) in [6.07, 6.45) is 8.86. The van der Waals surface area contributed by atoms with Crippen LogP contribution in [0.25, 0.3) is 0 Å². The van der Waals surface area contributed by atoms with E-state index in [1.165, 1.54) is 32.1 Å². The SMILES string of the molecule is COc1ccccc1NC(=O)NC1CC2CCCC(C1)N2C1CC1. The van der Waals surface area contributed by atoms with E-state index >= 15 is 0 Å². The number of piperidine rings is 2. The molecular formula is C19H27N3O2. The zero-order valence-electron chi connectivity index (χ0n) is 14.3. The smallest absolute Gasteiger partial charge is 0.319 e. The first-order valence-electron chi connectivity index (χ1n) is 9.22. The second-order valence-electron chi connectivity index (χ2n) is 7.38. The molecule has 1 aromatic rings. The van der Waals surface area contributed by atoms with Crippen molar-refractivity contribution in [2.45, 2.75) is 69.1 Å². The molecule has 4 rings (SSSR count). The fourth-order valence-electron chi connectivity index (χ4n) is 4.60. The number of fused-ring (bicyclic) bond motifs is 2. The quantitative estimate of drug-likeness (QED) is 0.890. The summed E-state index contributed by atoms with van der Waals surface area (Å²) in [6.45, 7) is 0. The van der Waals surface area contributed by atoms with Crippen LogP contribution in [0.15, 0.2) is 24.3 Å². The fraction of sp³-hybridized carbons (Fsp3) is 0.632. The maximum atomic E-state index is 12.4. The summed E-state index contributed by atoms with van der Waals surface area (Å²) in [5.41, 5.74) is 0.716. The number of nitrogens with one attached hydrogen (secondary N) is 2. The number of rotatable bonds is 4. The number of ether oxygens (including phenoxy) is 1. The summed E-state index contributed by atoms with van der Waals surface area (Å²) >= 11 is 0. The van der Waals surface area contributed by atoms with Crippen LogP contribution in [0.5, 0.6) is 5.75 Å².